The fourth-order valence-corrected chi connectivity index (χ4v) is 2.23. The molecule has 2 aromatic carbocycles. The first-order chi connectivity index (χ1) is 10.5. The van der Waals surface area contributed by atoms with E-state index in [9.17, 15) is 9.90 Å². The Balaban J connectivity index is 2.20. The van der Waals surface area contributed by atoms with Gasteiger partial charge in [-0.3, -0.25) is 0 Å². The highest BCUT2D eigenvalue weighted by atomic mass is 16.5. The van der Waals surface area contributed by atoms with Crippen LogP contribution in [0.15, 0.2) is 42.5 Å². The minimum Gasteiger partial charge on any atom is -0.496 e. The summed E-state index contributed by atoms with van der Waals surface area (Å²) in [6.07, 6.45) is -0.716. The summed E-state index contributed by atoms with van der Waals surface area (Å²) < 4.78 is 10.9. The number of hydrogen-bond acceptors (Lipinski definition) is 3. The molecule has 1 unspecified atom stereocenters. The molecule has 0 aromatic heterocycles. The molecule has 0 radical (unpaired) electrons. The van der Waals surface area contributed by atoms with Gasteiger partial charge in [0.15, 0.2) is 6.10 Å². The van der Waals surface area contributed by atoms with Crippen molar-refractivity contribution in [1.29, 1.82) is 0 Å². The number of benzene rings is 2. The molecule has 0 spiro atoms. The van der Waals surface area contributed by atoms with E-state index in [1.165, 1.54) is 0 Å². The van der Waals surface area contributed by atoms with Gasteiger partial charge in [-0.25, -0.2) is 4.79 Å². The summed E-state index contributed by atoms with van der Waals surface area (Å²) in [7, 11) is 1.57. The Morgan fingerprint density at radius 1 is 1.09 bits per heavy atom. The number of hydrogen-bond donors (Lipinski definition) is 1. The topological polar surface area (TPSA) is 55.8 Å². The van der Waals surface area contributed by atoms with Gasteiger partial charge >= 0.3 is 5.97 Å². The SMILES string of the molecule is COc1ccc(C)cc1CC(Oc1ccc(C)cc1)C(=O)O. The predicted molar refractivity (Wildman–Crippen MR) is 84.7 cm³/mol. The highest BCUT2D eigenvalue weighted by Crippen LogP contribution is 2.23. The molecule has 22 heavy (non-hydrogen) atoms. The predicted octanol–water partition coefficient (Wildman–Crippen LogP) is 3.39. The van der Waals surface area contributed by atoms with Crippen molar-refractivity contribution in [3.05, 3.63) is 59.2 Å². The quantitative estimate of drug-likeness (QED) is 0.888. The first-order valence-electron chi connectivity index (χ1n) is 7.09. The molecular formula is C18H20O4. The summed E-state index contributed by atoms with van der Waals surface area (Å²) in [6.45, 7) is 3.93. The van der Waals surface area contributed by atoms with E-state index >= 15 is 0 Å². The minimum absolute atomic E-state index is 0.244. The number of aryl methyl sites for hydroxylation is 2. The maximum absolute atomic E-state index is 11.5. The Hall–Kier alpha value is -2.49. The zero-order valence-electron chi connectivity index (χ0n) is 13.0. The van der Waals surface area contributed by atoms with Crippen molar-refractivity contribution in [1.82, 2.24) is 0 Å². The molecule has 4 heteroatoms. The molecule has 0 fully saturated rings. The molecule has 116 valence electrons. The van der Waals surface area contributed by atoms with Crippen LogP contribution in [-0.2, 0) is 11.2 Å². The Morgan fingerprint density at radius 3 is 2.32 bits per heavy atom. The molecule has 0 saturated heterocycles. The third-order valence-corrected chi connectivity index (χ3v) is 3.42. The lowest BCUT2D eigenvalue weighted by Gasteiger charge is -2.17. The fourth-order valence-electron chi connectivity index (χ4n) is 2.23. The van der Waals surface area contributed by atoms with Crippen LogP contribution in [-0.4, -0.2) is 24.3 Å². The van der Waals surface area contributed by atoms with Crippen LogP contribution < -0.4 is 9.47 Å². The first kappa shape index (κ1) is 15.9. The van der Waals surface area contributed by atoms with Crippen molar-refractivity contribution >= 4 is 5.97 Å². The summed E-state index contributed by atoms with van der Waals surface area (Å²) in [5, 5.41) is 9.42. The van der Waals surface area contributed by atoms with E-state index in [4.69, 9.17) is 9.47 Å². The molecule has 0 aliphatic rings. The van der Waals surface area contributed by atoms with Gasteiger partial charge in [0.2, 0.25) is 0 Å². The summed E-state index contributed by atoms with van der Waals surface area (Å²) in [6, 6.07) is 13.0. The van der Waals surface area contributed by atoms with Gasteiger partial charge in [-0.15, -0.1) is 0 Å². The fraction of sp³-hybridized carbons (Fsp3) is 0.278. The number of methoxy groups -OCH3 is 1. The molecule has 0 saturated carbocycles. The van der Waals surface area contributed by atoms with Gasteiger partial charge in [0.1, 0.15) is 11.5 Å². The average Bonchev–Trinajstić information content (AvgIpc) is 2.49. The third kappa shape index (κ3) is 4.01. The molecule has 0 bridgehead atoms. The normalized spacial score (nSPS) is 11.8. The molecule has 0 heterocycles. The van der Waals surface area contributed by atoms with Crippen molar-refractivity contribution in [2.24, 2.45) is 0 Å². The summed E-state index contributed by atoms with van der Waals surface area (Å²) in [4.78, 5) is 11.5. The maximum Gasteiger partial charge on any atom is 0.345 e. The van der Waals surface area contributed by atoms with Gasteiger partial charge in [0.25, 0.3) is 0 Å². The molecule has 1 N–H and O–H groups in total. The number of aliphatic carboxylic acids is 1. The van der Waals surface area contributed by atoms with Gasteiger partial charge in [0.05, 0.1) is 7.11 Å². The number of ether oxygens (including phenoxy) is 2. The summed E-state index contributed by atoms with van der Waals surface area (Å²) >= 11 is 0. The van der Waals surface area contributed by atoms with E-state index in [0.29, 0.717) is 11.5 Å². The minimum atomic E-state index is -0.996. The van der Waals surface area contributed by atoms with Crippen LogP contribution in [0.3, 0.4) is 0 Å². The van der Waals surface area contributed by atoms with E-state index < -0.39 is 12.1 Å². The Labute approximate surface area is 130 Å². The van der Waals surface area contributed by atoms with Crippen molar-refractivity contribution in [2.45, 2.75) is 26.4 Å². The van der Waals surface area contributed by atoms with Crippen LogP contribution in [0.4, 0.5) is 0 Å². The van der Waals surface area contributed by atoms with Gasteiger partial charge in [-0.2, -0.15) is 0 Å². The van der Waals surface area contributed by atoms with Crippen LogP contribution in [0.25, 0.3) is 0 Å². The van der Waals surface area contributed by atoms with Crippen LogP contribution in [0.5, 0.6) is 11.5 Å². The Kier molecular flexibility index (Phi) is 5.04. The second kappa shape index (κ2) is 6.98. The van der Waals surface area contributed by atoms with Crippen LogP contribution in [0.1, 0.15) is 16.7 Å². The highest BCUT2D eigenvalue weighted by molar-refractivity contribution is 5.73. The molecule has 4 nitrogen and oxygen atoms in total. The highest BCUT2D eigenvalue weighted by Gasteiger charge is 2.22. The van der Waals surface area contributed by atoms with Crippen molar-refractivity contribution in [2.75, 3.05) is 7.11 Å². The monoisotopic (exact) mass is 300 g/mol. The number of carboxylic acid groups (broad SMARTS) is 1. The van der Waals surface area contributed by atoms with E-state index in [2.05, 4.69) is 0 Å². The second-order valence-electron chi connectivity index (χ2n) is 5.28. The largest absolute Gasteiger partial charge is 0.496 e. The first-order valence-corrected chi connectivity index (χ1v) is 7.09. The zero-order valence-corrected chi connectivity index (χ0v) is 13.0. The second-order valence-corrected chi connectivity index (χ2v) is 5.28. The molecule has 0 aliphatic carbocycles. The number of carboxylic acids is 1. The van der Waals surface area contributed by atoms with Gasteiger partial charge < -0.3 is 14.6 Å². The van der Waals surface area contributed by atoms with E-state index in [0.717, 1.165) is 16.7 Å². The van der Waals surface area contributed by atoms with Crippen LogP contribution in [0, 0.1) is 13.8 Å². The molecule has 0 aliphatic heterocycles. The van der Waals surface area contributed by atoms with Crippen LogP contribution in [0.2, 0.25) is 0 Å². The Morgan fingerprint density at radius 2 is 1.73 bits per heavy atom. The third-order valence-electron chi connectivity index (χ3n) is 3.42. The summed E-state index contributed by atoms with van der Waals surface area (Å²) in [5.74, 6) is 0.220. The molecule has 1 atom stereocenters. The average molecular weight is 300 g/mol. The van der Waals surface area contributed by atoms with E-state index in [1.807, 2.05) is 44.2 Å². The number of carbonyl (C=O) groups is 1. The van der Waals surface area contributed by atoms with Crippen LogP contribution >= 0.6 is 0 Å². The number of rotatable bonds is 6. The van der Waals surface area contributed by atoms with Crippen molar-refractivity contribution < 1.29 is 19.4 Å². The van der Waals surface area contributed by atoms with Crippen molar-refractivity contribution in [3.63, 3.8) is 0 Å². The molecule has 2 aromatic rings. The molecule has 2 rings (SSSR count). The standard InChI is InChI=1S/C18H20O4/c1-12-4-7-15(8-5-12)22-17(18(19)20)11-14-10-13(2)6-9-16(14)21-3/h4-10,17H,11H2,1-3H3,(H,19,20). The lowest BCUT2D eigenvalue weighted by atomic mass is 10.0. The van der Waals surface area contributed by atoms with Gasteiger partial charge in [-0.05, 0) is 37.6 Å². The molecular weight excluding hydrogens is 280 g/mol. The molecule has 0 amide bonds. The van der Waals surface area contributed by atoms with E-state index in [1.54, 1.807) is 19.2 Å². The maximum atomic E-state index is 11.5. The lowest BCUT2D eigenvalue weighted by Crippen LogP contribution is -2.29. The van der Waals surface area contributed by atoms with Crippen molar-refractivity contribution in [3.8, 4) is 11.5 Å². The van der Waals surface area contributed by atoms with Gasteiger partial charge in [0, 0.05) is 6.42 Å². The zero-order chi connectivity index (χ0) is 16.1. The lowest BCUT2D eigenvalue weighted by molar-refractivity contribution is -0.145. The summed E-state index contributed by atoms with van der Waals surface area (Å²) in [5.41, 5.74) is 2.97. The smallest absolute Gasteiger partial charge is 0.345 e. The van der Waals surface area contributed by atoms with E-state index in [-0.39, 0.29) is 6.42 Å². The van der Waals surface area contributed by atoms with Gasteiger partial charge in [-0.1, -0.05) is 35.4 Å². The Bertz CT molecular complexity index is 647.